The van der Waals surface area contributed by atoms with E-state index in [1.54, 1.807) is 7.11 Å². The van der Waals surface area contributed by atoms with E-state index >= 15 is 0 Å². The zero-order chi connectivity index (χ0) is 10.8. The van der Waals surface area contributed by atoms with Crippen molar-refractivity contribution in [2.45, 2.75) is 25.4 Å². The molecule has 0 fully saturated rings. The van der Waals surface area contributed by atoms with E-state index in [0.717, 1.165) is 12.2 Å². The number of aliphatic hydroxyl groups excluding tert-OH is 1. The first-order chi connectivity index (χ1) is 7.24. The highest BCUT2D eigenvalue weighted by molar-refractivity contribution is 5.39. The van der Waals surface area contributed by atoms with Gasteiger partial charge >= 0.3 is 0 Å². The van der Waals surface area contributed by atoms with Crippen LogP contribution in [-0.2, 0) is 6.42 Å². The Morgan fingerprint density at radius 1 is 1.53 bits per heavy atom. The van der Waals surface area contributed by atoms with E-state index in [2.05, 4.69) is 24.4 Å². The molecule has 1 aliphatic heterocycles. The van der Waals surface area contributed by atoms with Crippen molar-refractivity contribution in [2.24, 2.45) is 0 Å². The van der Waals surface area contributed by atoms with Crippen LogP contribution in [0.4, 0.5) is 0 Å². The van der Waals surface area contributed by atoms with Gasteiger partial charge in [-0.1, -0.05) is 6.07 Å². The Morgan fingerprint density at radius 3 is 3.00 bits per heavy atom. The topological polar surface area (TPSA) is 41.5 Å². The van der Waals surface area contributed by atoms with Crippen LogP contribution in [0.1, 0.15) is 24.1 Å². The van der Waals surface area contributed by atoms with Crippen LogP contribution in [0.3, 0.4) is 0 Å². The molecule has 0 bridgehead atoms. The number of ether oxygens (including phenoxy) is 1. The van der Waals surface area contributed by atoms with Crippen LogP contribution in [0, 0.1) is 0 Å². The summed E-state index contributed by atoms with van der Waals surface area (Å²) < 4.78 is 5.20. The Labute approximate surface area is 90.1 Å². The molecule has 0 amide bonds. The highest BCUT2D eigenvalue weighted by atomic mass is 16.5. The lowest BCUT2D eigenvalue weighted by atomic mass is 9.91. The van der Waals surface area contributed by atoms with Crippen molar-refractivity contribution < 1.29 is 9.84 Å². The molecular weight excluding hydrogens is 190 g/mol. The lowest BCUT2D eigenvalue weighted by Crippen LogP contribution is -2.40. The van der Waals surface area contributed by atoms with Crippen molar-refractivity contribution >= 4 is 0 Å². The predicted octanol–water partition coefficient (Wildman–Crippen LogP) is 1.26. The molecule has 82 valence electrons. The van der Waals surface area contributed by atoms with Gasteiger partial charge in [-0.05, 0) is 36.6 Å². The number of hydrogen-bond acceptors (Lipinski definition) is 3. The van der Waals surface area contributed by atoms with Gasteiger partial charge in [0.15, 0.2) is 0 Å². The van der Waals surface area contributed by atoms with Gasteiger partial charge in [0.2, 0.25) is 0 Å². The minimum Gasteiger partial charge on any atom is -0.497 e. The van der Waals surface area contributed by atoms with Crippen molar-refractivity contribution in [3.8, 4) is 5.75 Å². The maximum absolute atomic E-state index is 9.15. The lowest BCUT2D eigenvalue weighted by Gasteiger charge is -2.30. The van der Waals surface area contributed by atoms with Gasteiger partial charge in [0.25, 0.3) is 0 Å². The summed E-state index contributed by atoms with van der Waals surface area (Å²) in [6.07, 6.45) is 0.889. The van der Waals surface area contributed by atoms with Crippen LogP contribution >= 0.6 is 0 Å². The van der Waals surface area contributed by atoms with Gasteiger partial charge in [0.05, 0.1) is 13.7 Å². The molecule has 0 aliphatic carbocycles. The Bertz CT molecular complexity index is 351. The van der Waals surface area contributed by atoms with Gasteiger partial charge in [-0.25, -0.2) is 0 Å². The molecule has 0 spiro atoms. The van der Waals surface area contributed by atoms with Crippen LogP contribution in [0.15, 0.2) is 18.2 Å². The zero-order valence-electron chi connectivity index (χ0n) is 9.16. The third-order valence-corrected chi connectivity index (χ3v) is 2.99. The van der Waals surface area contributed by atoms with Crippen molar-refractivity contribution in [3.63, 3.8) is 0 Å². The maximum atomic E-state index is 9.15. The van der Waals surface area contributed by atoms with Crippen LogP contribution in [0.2, 0.25) is 0 Å². The first-order valence-corrected chi connectivity index (χ1v) is 5.28. The van der Waals surface area contributed by atoms with Gasteiger partial charge in [-0.2, -0.15) is 0 Å². The van der Waals surface area contributed by atoms with Gasteiger partial charge in [0.1, 0.15) is 5.75 Å². The van der Waals surface area contributed by atoms with E-state index in [1.165, 1.54) is 11.1 Å². The van der Waals surface area contributed by atoms with E-state index in [0.29, 0.717) is 0 Å². The van der Waals surface area contributed by atoms with Crippen molar-refractivity contribution in [1.82, 2.24) is 5.32 Å². The monoisotopic (exact) mass is 207 g/mol. The molecule has 1 aliphatic rings. The van der Waals surface area contributed by atoms with Crippen LogP contribution in [0.5, 0.6) is 5.75 Å². The second-order valence-corrected chi connectivity index (χ2v) is 4.04. The molecule has 15 heavy (non-hydrogen) atoms. The summed E-state index contributed by atoms with van der Waals surface area (Å²) in [6.45, 7) is 2.30. The molecule has 0 aromatic heterocycles. The highest BCUT2D eigenvalue weighted by Gasteiger charge is 2.22. The highest BCUT2D eigenvalue weighted by Crippen LogP contribution is 2.28. The maximum Gasteiger partial charge on any atom is 0.119 e. The molecule has 3 nitrogen and oxygen atoms in total. The van der Waals surface area contributed by atoms with Gasteiger partial charge in [-0.3, -0.25) is 0 Å². The van der Waals surface area contributed by atoms with Crippen molar-refractivity contribution in [1.29, 1.82) is 0 Å². The van der Waals surface area contributed by atoms with Crippen LogP contribution < -0.4 is 10.1 Å². The van der Waals surface area contributed by atoms with Crippen LogP contribution in [-0.4, -0.2) is 24.9 Å². The Balaban J connectivity index is 2.32. The second-order valence-electron chi connectivity index (χ2n) is 4.04. The van der Waals surface area contributed by atoms with Crippen molar-refractivity contribution in [2.75, 3.05) is 13.7 Å². The van der Waals surface area contributed by atoms with Gasteiger partial charge in [0, 0.05) is 12.1 Å². The Hall–Kier alpha value is -1.06. The zero-order valence-corrected chi connectivity index (χ0v) is 9.16. The molecule has 1 aromatic carbocycles. The van der Waals surface area contributed by atoms with Crippen molar-refractivity contribution in [3.05, 3.63) is 29.3 Å². The minimum absolute atomic E-state index is 0.181. The molecular formula is C12H17NO2. The number of fused-ring (bicyclic) bond motifs is 1. The molecule has 2 atom stereocenters. The molecule has 0 saturated carbocycles. The smallest absolute Gasteiger partial charge is 0.119 e. The first kappa shape index (κ1) is 10.5. The molecule has 2 unspecified atom stereocenters. The van der Waals surface area contributed by atoms with E-state index in [9.17, 15) is 0 Å². The summed E-state index contributed by atoms with van der Waals surface area (Å²) in [5.41, 5.74) is 2.58. The summed E-state index contributed by atoms with van der Waals surface area (Å²) in [6, 6.07) is 6.60. The summed E-state index contributed by atoms with van der Waals surface area (Å²) in [7, 11) is 1.68. The fourth-order valence-corrected chi connectivity index (χ4v) is 2.17. The standard InChI is InChI=1S/C12H17NO2/c1-8-12-6-11(15-2)4-3-9(12)5-10(7-14)13-8/h3-4,6,8,10,13-14H,5,7H2,1-2H3. The van der Waals surface area contributed by atoms with E-state index in [1.807, 2.05) is 6.07 Å². The minimum atomic E-state index is 0.181. The third-order valence-electron chi connectivity index (χ3n) is 2.99. The lowest BCUT2D eigenvalue weighted by molar-refractivity contribution is 0.225. The summed E-state index contributed by atoms with van der Waals surface area (Å²) >= 11 is 0. The van der Waals surface area contributed by atoms with Crippen LogP contribution in [0.25, 0.3) is 0 Å². The molecule has 1 aromatic rings. The fourth-order valence-electron chi connectivity index (χ4n) is 2.17. The third kappa shape index (κ3) is 1.98. The number of nitrogens with one attached hydrogen (secondary N) is 1. The predicted molar refractivity (Wildman–Crippen MR) is 59.1 cm³/mol. The average Bonchev–Trinajstić information content (AvgIpc) is 2.28. The van der Waals surface area contributed by atoms with Gasteiger partial charge < -0.3 is 15.2 Å². The Kier molecular flexibility index (Phi) is 2.93. The molecule has 2 N–H and O–H groups in total. The number of benzene rings is 1. The fraction of sp³-hybridized carbons (Fsp3) is 0.500. The first-order valence-electron chi connectivity index (χ1n) is 5.28. The van der Waals surface area contributed by atoms with E-state index in [4.69, 9.17) is 9.84 Å². The Morgan fingerprint density at radius 2 is 2.33 bits per heavy atom. The number of hydrogen-bond donors (Lipinski definition) is 2. The molecule has 3 heteroatoms. The number of aliphatic hydroxyl groups is 1. The SMILES string of the molecule is COc1ccc2c(c1)C(C)NC(CO)C2. The molecule has 0 saturated heterocycles. The quantitative estimate of drug-likeness (QED) is 0.767. The number of rotatable bonds is 2. The van der Waals surface area contributed by atoms with E-state index < -0.39 is 0 Å². The molecule has 1 heterocycles. The second kappa shape index (κ2) is 4.21. The normalized spacial score (nSPS) is 24.7. The van der Waals surface area contributed by atoms with Gasteiger partial charge in [-0.15, -0.1) is 0 Å². The molecule has 2 rings (SSSR count). The average molecular weight is 207 g/mol. The molecule has 0 radical (unpaired) electrons. The van der Waals surface area contributed by atoms with E-state index in [-0.39, 0.29) is 18.7 Å². The largest absolute Gasteiger partial charge is 0.497 e. The number of methoxy groups -OCH3 is 1. The summed E-state index contributed by atoms with van der Waals surface area (Å²) in [5.74, 6) is 0.893. The summed E-state index contributed by atoms with van der Waals surface area (Å²) in [5, 5.41) is 12.5. The summed E-state index contributed by atoms with van der Waals surface area (Å²) in [4.78, 5) is 0.